The number of hydrogen-bond acceptors (Lipinski definition) is 2. The van der Waals surface area contributed by atoms with Crippen molar-refractivity contribution in [2.45, 2.75) is 12.5 Å². The van der Waals surface area contributed by atoms with Gasteiger partial charge < -0.3 is 10.8 Å². The average Bonchev–Trinajstić information content (AvgIpc) is 2.13. The van der Waals surface area contributed by atoms with Crippen LogP contribution < -0.4 is 5.73 Å². The minimum Gasteiger partial charge on any atom is -0.480 e. The number of carbonyl (C=O) groups is 1. The highest BCUT2D eigenvalue weighted by Crippen LogP contribution is 2.31. The molecule has 0 saturated heterocycles. The Morgan fingerprint density at radius 3 is 2.20 bits per heavy atom. The summed E-state index contributed by atoms with van der Waals surface area (Å²) in [4.78, 5) is 10.5. The third-order valence-electron chi connectivity index (χ3n) is 1.82. The Kier molecular flexibility index (Phi) is 4.22. The van der Waals surface area contributed by atoms with E-state index in [1.807, 2.05) is 0 Å². The number of carboxylic acids is 1. The molecule has 0 aliphatic rings. The van der Waals surface area contributed by atoms with E-state index < -0.39 is 12.0 Å². The molecule has 82 valence electrons. The lowest BCUT2D eigenvalue weighted by atomic mass is 10.1. The smallest absolute Gasteiger partial charge is 0.320 e. The van der Waals surface area contributed by atoms with Crippen molar-refractivity contribution in [2.75, 3.05) is 0 Å². The van der Waals surface area contributed by atoms with Gasteiger partial charge in [-0.15, -0.1) is 0 Å². The molecule has 1 aromatic rings. The zero-order valence-electron chi connectivity index (χ0n) is 7.51. The number of benzene rings is 1. The summed E-state index contributed by atoms with van der Waals surface area (Å²) < 4.78 is 0. The molecule has 0 bridgehead atoms. The number of hydrogen-bond donors (Lipinski definition) is 2. The monoisotopic (exact) mass is 267 g/mol. The Hall–Kier alpha value is -0.480. The maximum atomic E-state index is 10.5. The molecule has 0 aromatic heterocycles. The summed E-state index contributed by atoms with van der Waals surface area (Å²) in [7, 11) is 0. The van der Waals surface area contributed by atoms with Crippen molar-refractivity contribution in [3.05, 3.63) is 32.8 Å². The van der Waals surface area contributed by atoms with Crippen molar-refractivity contribution < 1.29 is 9.90 Å². The molecular weight excluding hydrogens is 260 g/mol. The Balaban J connectivity index is 2.92. The summed E-state index contributed by atoms with van der Waals surface area (Å²) in [6.45, 7) is 0. The Labute approximate surface area is 102 Å². The van der Waals surface area contributed by atoms with Crippen LogP contribution in [0.3, 0.4) is 0 Å². The van der Waals surface area contributed by atoms with Gasteiger partial charge in [-0.3, -0.25) is 4.79 Å². The van der Waals surface area contributed by atoms with Gasteiger partial charge in [-0.05, 0) is 24.1 Å². The molecule has 0 fully saturated rings. The zero-order valence-corrected chi connectivity index (χ0v) is 9.77. The summed E-state index contributed by atoms with van der Waals surface area (Å²) >= 11 is 17.3. The van der Waals surface area contributed by atoms with E-state index in [-0.39, 0.29) is 21.5 Å². The topological polar surface area (TPSA) is 63.3 Å². The molecule has 0 radical (unpaired) electrons. The van der Waals surface area contributed by atoms with Gasteiger partial charge in [0.1, 0.15) is 6.04 Å². The molecule has 0 aliphatic carbocycles. The number of aliphatic carboxylic acids is 1. The Bertz CT molecular complexity index is 372. The summed E-state index contributed by atoms with van der Waals surface area (Å²) in [6.07, 6.45) is 0.159. The third-order valence-corrected chi connectivity index (χ3v) is 3.01. The Morgan fingerprint density at radius 2 is 1.80 bits per heavy atom. The predicted molar refractivity (Wildman–Crippen MR) is 60.8 cm³/mol. The number of carboxylic acid groups (broad SMARTS) is 1. The van der Waals surface area contributed by atoms with Crippen LogP contribution in [0.1, 0.15) is 5.56 Å². The van der Waals surface area contributed by atoms with E-state index in [2.05, 4.69) is 0 Å². The van der Waals surface area contributed by atoms with E-state index >= 15 is 0 Å². The number of rotatable bonds is 3. The summed E-state index contributed by atoms with van der Waals surface area (Å²) in [5.74, 6) is -1.07. The molecule has 0 unspecified atom stereocenters. The van der Waals surface area contributed by atoms with Gasteiger partial charge in [-0.1, -0.05) is 34.8 Å². The lowest BCUT2D eigenvalue weighted by Gasteiger charge is -2.08. The first-order valence-corrected chi connectivity index (χ1v) is 5.17. The molecular formula is C9H8Cl3NO2. The molecule has 15 heavy (non-hydrogen) atoms. The number of halogens is 3. The SMILES string of the molecule is N[C@@H](Cc1cc(Cl)c(Cl)c(Cl)c1)C(=O)O. The van der Waals surface area contributed by atoms with E-state index in [0.717, 1.165) is 0 Å². The fourth-order valence-electron chi connectivity index (χ4n) is 1.07. The van der Waals surface area contributed by atoms with Gasteiger partial charge in [0.05, 0.1) is 15.1 Å². The molecule has 0 spiro atoms. The highest BCUT2D eigenvalue weighted by Gasteiger charge is 2.14. The molecule has 0 heterocycles. The minimum absolute atomic E-state index is 0.159. The molecule has 0 saturated carbocycles. The first-order chi connectivity index (χ1) is 6.91. The molecule has 0 amide bonds. The predicted octanol–water partition coefficient (Wildman–Crippen LogP) is 2.60. The Morgan fingerprint density at radius 1 is 1.33 bits per heavy atom. The van der Waals surface area contributed by atoms with E-state index in [9.17, 15) is 4.79 Å². The molecule has 1 atom stereocenters. The summed E-state index contributed by atoms with van der Waals surface area (Å²) in [5, 5.41) is 9.45. The summed E-state index contributed by atoms with van der Waals surface area (Å²) in [6, 6.07) is 2.13. The first kappa shape index (κ1) is 12.6. The number of nitrogens with two attached hydrogens (primary N) is 1. The van der Waals surface area contributed by atoms with Crippen molar-refractivity contribution in [3.8, 4) is 0 Å². The van der Waals surface area contributed by atoms with E-state index in [0.29, 0.717) is 5.56 Å². The van der Waals surface area contributed by atoms with Gasteiger partial charge in [0, 0.05) is 0 Å². The standard InChI is InChI=1S/C9H8Cl3NO2/c10-5-1-4(2-6(11)8(5)12)3-7(13)9(14)15/h1-2,7H,3,13H2,(H,14,15)/t7-/m0/s1. The molecule has 0 aliphatic heterocycles. The van der Waals surface area contributed by atoms with Crippen LogP contribution in [0.15, 0.2) is 12.1 Å². The van der Waals surface area contributed by atoms with Gasteiger partial charge in [0.2, 0.25) is 0 Å². The lowest BCUT2D eigenvalue weighted by molar-refractivity contribution is -0.138. The van der Waals surface area contributed by atoms with Crippen LogP contribution in [0.5, 0.6) is 0 Å². The van der Waals surface area contributed by atoms with Crippen LogP contribution in [-0.4, -0.2) is 17.1 Å². The zero-order chi connectivity index (χ0) is 11.6. The van der Waals surface area contributed by atoms with Crippen molar-refractivity contribution in [1.29, 1.82) is 0 Å². The maximum Gasteiger partial charge on any atom is 0.320 e. The molecule has 1 aromatic carbocycles. The largest absolute Gasteiger partial charge is 0.480 e. The van der Waals surface area contributed by atoms with Crippen LogP contribution in [0.2, 0.25) is 15.1 Å². The normalized spacial score (nSPS) is 12.5. The molecule has 6 heteroatoms. The molecule has 1 rings (SSSR count). The van der Waals surface area contributed by atoms with Gasteiger partial charge in [0.15, 0.2) is 0 Å². The molecule has 3 N–H and O–H groups in total. The van der Waals surface area contributed by atoms with Crippen LogP contribution in [0.4, 0.5) is 0 Å². The van der Waals surface area contributed by atoms with Crippen LogP contribution in [0, 0.1) is 0 Å². The fourth-order valence-corrected chi connectivity index (χ4v) is 1.71. The van der Waals surface area contributed by atoms with Gasteiger partial charge in [-0.2, -0.15) is 0 Å². The fraction of sp³-hybridized carbons (Fsp3) is 0.222. The van der Waals surface area contributed by atoms with Crippen LogP contribution >= 0.6 is 34.8 Å². The second kappa shape index (κ2) is 5.03. The van der Waals surface area contributed by atoms with Crippen molar-refractivity contribution in [2.24, 2.45) is 5.73 Å². The average molecular weight is 269 g/mol. The van der Waals surface area contributed by atoms with Gasteiger partial charge in [0.25, 0.3) is 0 Å². The van der Waals surface area contributed by atoms with Gasteiger partial charge in [-0.25, -0.2) is 0 Å². The van der Waals surface area contributed by atoms with Crippen LogP contribution in [-0.2, 0) is 11.2 Å². The van der Waals surface area contributed by atoms with E-state index in [4.69, 9.17) is 45.6 Å². The van der Waals surface area contributed by atoms with Gasteiger partial charge >= 0.3 is 5.97 Å². The highest BCUT2D eigenvalue weighted by atomic mass is 35.5. The minimum atomic E-state index is -1.07. The van der Waals surface area contributed by atoms with Crippen LogP contribution in [0.25, 0.3) is 0 Å². The quantitative estimate of drug-likeness (QED) is 0.828. The lowest BCUT2D eigenvalue weighted by Crippen LogP contribution is -2.32. The summed E-state index contributed by atoms with van der Waals surface area (Å²) in [5.41, 5.74) is 6.01. The first-order valence-electron chi connectivity index (χ1n) is 4.03. The molecule has 3 nitrogen and oxygen atoms in total. The second-order valence-electron chi connectivity index (χ2n) is 3.02. The van der Waals surface area contributed by atoms with Crippen molar-refractivity contribution in [1.82, 2.24) is 0 Å². The highest BCUT2D eigenvalue weighted by molar-refractivity contribution is 6.48. The van der Waals surface area contributed by atoms with Crippen molar-refractivity contribution in [3.63, 3.8) is 0 Å². The van der Waals surface area contributed by atoms with E-state index in [1.54, 1.807) is 12.1 Å². The maximum absolute atomic E-state index is 10.5. The van der Waals surface area contributed by atoms with E-state index in [1.165, 1.54) is 0 Å². The second-order valence-corrected chi connectivity index (χ2v) is 4.21. The third kappa shape index (κ3) is 3.24. The van der Waals surface area contributed by atoms with Crippen molar-refractivity contribution >= 4 is 40.8 Å².